The maximum absolute atomic E-state index is 13.1. The summed E-state index contributed by atoms with van der Waals surface area (Å²) in [5.41, 5.74) is 1.07. The second-order valence-corrected chi connectivity index (χ2v) is 9.53. The van der Waals surface area contributed by atoms with Gasteiger partial charge in [-0.25, -0.2) is 4.79 Å². The van der Waals surface area contributed by atoms with Gasteiger partial charge in [-0.15, -0.1) is 11.3 Å². The minimum atomic E-state index is -0.277. The molecule has 1 atom stereocenters. The van der Waals surface area contributed by atoms with Crippen LogP contribution in [0.15, 0.2) is 9.59 Å². The molecule has 1 N–H and O–H groups in total. The van der Waals surface area contributed by atoms with Gasteiger partial charge in [-0.2, -0.15) is 0 Å². The van der Waals surface area contributed by atoms with Gasteiger partial charge in [0.2, 0.25) is 0 Å². The summed E-state index contributed by atoms with van der Waals surface area (Å²) < 4.78 is 1.39. The molecule has 0 spiro atoms. The molecule has 1 aliphatic rings. The van der Waals surface area contributed by atoms with Crippen molar-refractivity contribution in [2.45, 2.75) is 60.4 Å². The van der Waals surface area contributed by atoms with Crippen LogP contribution in [0.3, 0.4) is 0 Å². The van der Waals surface area contributed by atoms with Crippen LogP contribution in [-0.4, -0.2) is 34.1 Å². The van der Waals surface area contributed by atoms with Crippen molar-refractivity contribution in [1.29, 1.82) is 0 Å². The van der Waals surface area contributed by atoms with E-state index in [4.69, 9.17) is 0 Å². The van der Waals surface area contributed by atoms with Crippen LogP contribution in [0, 0.1) is 11.3 Å². The molecule has 6 heteroatoms. The first-order valence-corrected chi connectivity index (χ1v) is 10.6. The Kier molecular flexibility index (Phi) is 5.45. The Morgan fingerprint density at radius 3 is 2.54 bits per heavy atom. The number of aromatic nitrogens is 2. The average Bonchev–Trinajstić information content (AvgIpc) is 2.94. The van der Waals surface area contributed by atoms with Crippen molar-refractivity contribution in [3.05, 3.63) is 31.3 Å². The number of aromatic amines is 1. The number of likely N-dealkylation sites (N-methyl/N-ethyl adjacent to an activating group) is 1. The Bertz CT molecular complexity index is 897. The molecule has 0 bridgehead atoms. The highest BCUT2D eigenvalue weighted by atomic mass is 32.1. The summed E-state index contributed by atoms with van der Waals surface area (Å²) in [5.74, 6) is 0.625. The maximum Gasteiger partial charge on any atom is 0.329 e. The van der Waals surface area contributed by atoms with E-state index < -0.39 is 0 Å². The number of fused-ring (bicyclic) bond motifs is 3. The second-order valence-electron chi connectivity index (χ2n) is 8.43. The van der Waals surface area contributed by atoms with E-state index in [1.807, 2.05) is 0 Å². The Balaban J connectivity index is 1.99. The molecule has 5 nitrogen and oxygen atoms in total. The molecule has 0 aliphatic heterocycles. The molecule has 0 amide bonds. The summed E-state index contributed by atoms with van der Waals surface area (Å²) in [6.07, 6.45) is 3.06. The number of hydrogen-bond donors (Lipinski definition) is 1. The molecule has 2 aromatic heterocycles. The highest BCUT2D eigenvalue weighted by Crippen LogP contribution is 2.41. The zero-order valence-corrected chi connectivity index (χ0v) is 17.5. The summed E-state index contributed by atoms with van der Waals surface area (Å²) in [5, 5.41) is 0.761. The van der Waals surface area contributed by atoms with Crippen LogP contribution < -0.4 is 11.2 Å². The lowest BCUT2D eigenvalue weighted by Crippen LogP contribution is -2.39. The Labute approximate surface area is 159 Å². The topological polar surface area (TPSA) is 58.1 Å². The van der Waals surface area contributed by atoms with E-state index in [2.05, 4.69) is 44.5 Å². The maximum atomic E-state index is 13.1. The molecular formula is C20H31N3O2S. The monoisotopic (exact) mass is 377 g/mol. The molecule has 2 heterocycles. The van der Waals surface area contributed by atoms with E-state index in [1.165, 1.54) is 15.0 Å². The predicted octanol–water partition coefficient (Wildman–Crippen LogP) is 3.24. The fraction of sp³-hybridized carbons (Fsp3) is 0.700. The standard InChI is InChI=1S/C20H31N3O2S/c1-6-22(7-2)10-11-23-18(24)16-14-9-8-13(20(3,4)5)12-15(14)26-17(16)21-19(23)25/h13H,6-12H2,1-5H3,(H,21,25). The highest BCUT2D eigenvalue weighted by Gasteiger charge is 2.31. The fourth-order valence-electron chi connectivity index (χ4n) is 4.02. The normalized spacial score (nSPS) is 17.8. The molecular weight excluding hydrogens is 346 g/mol. The highest BCUT2D eigenvalue weighted by molar-refractivity contribution is 7.18. The van der Waals surface area contributed by atoms with Crippen molar-refractivity contribution in [2.24, 2.45) is 11.3 Å². The first-order chi connectivity index (χ1) is 12.3. The first-order valence-electron chi connectivity index (χ1n) is 9.76. The van der Waals surface area contributed by atoms with Gasteiger partial charge in [0.15, 0.2) is 0 Å². The van der Waals surface area contributed by atoms with Crippen LogP contribution in [0.1, 0.15) is 51.5 Å². The summed E-state index contributed by atoms with van der Waals surface area (Å²) in [6, 6.07) is 0. The van der Waals surface area contributed by atoms with Crippen LogP contribution in [0.5, 0.6) is 0 Å². The number of aryl methyl sites for hydroxylation is 1. The zero-order valence-electron chi connectivity index (χ0n) is 16.6. The Morgan fingerprint density at radius 2 is 1.92 bits per heavy atom. The van der Waals surface area contributed by atoms with E-state index in [9.17, 15) is 9.59 Å². The minimum Gasteiger partial charge on any atom is -0.302 e. The molecule has 0 aromatic carbocycles. The Hall–Kier alpha value is -1.40. The van der Waals surface area contributed by atoms with E-state index in [1.54, 1.807) is 11.3 Å². The van der Waals surface area contributed by atoms with Crippen LogP contribution in [0.2, 0.25) is 0 Å². The number of hydrogen-bond acceptors (Lipinski definition) is 4. The van der Waals surface area contributed by atoms with Crippen LogP contribution >= 0.6 is 11.3 Å². The lowest BCUT2D eigenvalue weighted by atomic mass is 9.72. The fourth-order valence-corrected chi connectivity index (χ4v) is 5.32. The van der Waals surface area contributed by atoms with E-state index in [-0.39, 0.29) is 16.7 Å². The molecule has 0 saturated carbocycles. The van der Waals surface area contributed by atoms with Crippen molar-refractivity contribution in [3.63, 3.8) is 0 Å². The van der Waals surface area contributed by atoms with Crippen LogP contribution in [-0.2, 0) is 19.4 Å². The van der Waals surface area contributed by atoms with Crippen molar-refractivity contribution in [1.82, 2.24) is 14.5 Å². The third kappa shape index (κ3) is 3.54. The largest absolute Gasteiger partial charge is 0.329 e. The molecule has 26 heavy (non-hydrogen) atoms. The molecule has 0 saturated heterocycles. The number of nitrogens with zero attached hydrogens (tertiary/aromatic N) is 2. The van der Waals surface area contributed by atoms with Gasteiger partial charge < -0.3 is 4.90 Å². The average molecular weight is 378 g/mol. The molecule has 1 unspecified atom stereocenters. The van der Waals surface area contributed by atoms with Gasteiger partial charge in [-0.1, -0.05) is 34.6 Å². The van der Waals surface area contributed by atoms with Crippen molar-refractivity contribution < 1.29 is 0 Å². The van der Waals surface area contributed by atoms with Gasteiger partial charge in [0.1, 0.15) is 4.83 Å². The summed E-state index contributed by atoms with van der Waals surface area (Å²) in [4.78, 5) is 32.8. The van der Waals surface area contributed by atoms with Crippen LogP contribution in [0.4, 0.5) is 0 Å². The summed E-state index contributed by atoms with van der Waals surface area (Å²) in [7, 11) is 0. The molecule has 144 valence electrons. The zero-order chi connectivity index (χ0) is 19.1. The Morgan fingerprint density at radius 1 is 1.23 bits per heavy atom. The lowest BCUT2D eigenvalue weighted by Gasteiger charge is -2.33. The van der Waals surface area contributed by atoms with Gasteiger partial charge >= 0.3 is 5.69 Å². The summed E-state index contributed by atoms with van der Waals surface area (Å²) >= 11 is 1.61. The number of H-pyrrole nitrogens is 1. The quantitative estimate of drug-likeness (QED) is 0.870. The second kappa shape index (κ2) is 7.31. The number of nitrogens with one attached hydrogen (secondary N) is 1. The van der Waals surface area contributed by atoms with Crippen LogP contribution in [0.25, 0.3) is 10.2 Å². The van der Waals surface area contributed by atoms with Gasteiger partial charge in [-0.05, 0) is 49.2 Å². The molecule has 0 radical (unpaired) electrons. The van der Waals surface area contributed by atoms with Gasteiger partial charge in [0, 0.05) is 18.0 Å². The third-order valence-corrected chi connectivity index (χ3v) is 7.12. The smallest absolute Gasteiger partial charge is 0.302 e. The van der Waals surface area contributed by atoms with Gasteiger partial charge in [-0.3, -0.25) is 14.3 Å². The van der Waals surface area contributed by atoms with E-state index in [0.29, 0.717) is 12.5 Å². The lowest BCUT2D eigenvalue weighted by molar-refractivity contribution is 0.218. The number of rotatable bonds is 5. The van der Waals surface area contributed by atoms with Crippen molar-refractivity contribution in [2.75, 3.05) is 19.6 Å². The number of thiophene rings is 1. The van der Waals surface area contributed by atoms with Gasteiger partial charge in [0.25, 0.3) is 5.56 Å². The molecule has 0 fully saturated rings. The summed E-state index contributed by atoms with van der Waals surface area (Å²) in [6.45, 7) is 14.1. The SMILES string of the molecule is CCN(CC)CCn1c(=O)[nH]c2sc3c(c2c1=O)CCC(C(C)(C)C)C3. The van der Waals surface area contributed by atoms with Gasteiger partial charge in [0.05, 0.1) is 5.39 Å². The van der Waals surface area contributed by atoms with Crippen molar-refractivity contribution >= 4 is 21.6 Å². The molecule has 3 rings (SSSR count). The minimum absolute atomic E-state index is 0.109. The van der Waals surface area contributed by atoms with E-state index >= 15 is 0 Å². The first kappa shape index (κ1) is 19.4. The molecule has 2 aromatic rings. The molecule has 1 aliphatic carbocycles. The van der Waals surface area contributed by atoms with Crippen molar-refractivity contribution in [3.8, 4) is 0 Å². The van der Waals surface area contributed by atoms with E-state index in [0.717, 1.165) is 49.1 Å². The predicted molar refractivity (Wildman–Crippen MR) is 109 cm³/mol. The third-order valence-electron chi connectivity index (χ3n) is 5.95.